The first-order valence-corrected chi connectivity index (χ1v) is 14.7. The van der Waals surface area contributed by atoms with Crippen LogP contribution in [0.3, 0.4) is 0 Å². The van der Waals surface area contributed by atoms with Crippen LogP contribution in [0, 0.1) is 17.6 Å². The van der Waals surface area contributed by atoms with Crippen LogP contribution in [-0.4, -0.2) is 43.8 Å². The number of fused-ring (bicyclic) bond motifs is 1. The molecule has 0 aliphatic heterocycles. The van der Waals surface area contributed by atoms with E-state index in [2.05, 4.69) is 27.9 Å². The Morgan fingerprint density at radius 3 is 2.40 bits per heavy atom. The summed E-state index contributed by atoms with van der Waals surface area (Å²) in [6.07, 6.45) is 3.81. The fraction of sp³-hybridized carbons (Fsp3) is 0.375. The number of nitrogens with one attached hydrogen (secondary N) is 1. The largest absolute Gasteiger partial charge is 0.365 e. The molecule has 40 heavy (non-hydrogen) atoms. The van der Waals surface area contributed by atoms with Gasteiger partial charge < -0.3 is 9.80 Å². The zero-order valence-corrected chi connectivity index (χ0v) is 24.1. The van der Waals surface area contributed by atoms with Gasteiger partial charge in [0.15, 0.2) is 0 Å². The quantitative estimate of drug-likeness (QED) is 0.178. The van der Waals surface area contributed by atoms with Crippen LogP contribution in [0.5, 0.6) is 0 Å². The van der Waals surface area contributed by atoms with Crippen molar-refractivity contribution in [3.05, 3.63) is 95.1 Å². The molecule has 5 rings (SSSR count). The molecule has 3 atom stereocenters. The van der Waals surface area contributed by atoms with Crippen LogP contribution in [0.25, 0.3) is 0 Å². The third kappa shape index (κ3) is 6.56. The van der Waals surface area contributed by atoms with E-state index in [-0.39, 0.29) is 35.4 Å². The van der Waals surface area contributed by atoms with Crippen LogP contribution in [0.4, 0.5) is 14.5 Å². The SMILES string of the molecule is CCN=C(CN(C(=O)[C@H]1C[C@@H]1c1ccc(F)cc1)c1ccc2c(c1)C(NSc1ccc(F)cc1)CCC2)N(C)C. The molecule has 2 aliphatic rings. The maximum Gasteiger partial charge on any atom is 0.231 e. The molecular weight excluding hydrogens is 526 g/mol. The number of anilines is 1. The number of likely N-dealkylation sites (N-methyl/N-ethyl adjacent to an activating group) is 1. The number of amides is 1. The van der Waals surface area contributed by atoms with Crippen LogP contribution in [0.2, 0.25) is 0 Å². The molecule has 3 aromatic carbocycles. The number of aliphatic imine (C=N–C) groups is 1. The summed E-state index contributed by atoms with van der Waals surface area (Å²) in [5.74, 6) is 0.350. The highest BCUT2D eigenvalue weighted by Crippen LogP contribution is 2.49. The molecule has 3 aromatic rings. The minimum absolute atomic E-state index is 0.0703. The molecule has 0 spiro atoms. The lowest BCUT2D eigenvalue weighted by Gasteiger charge is -2.30. The van der Waals surface area contributed by atoms with Gasteiger partial charge >= 0.3 is 0 Å². The van der Waals surface area contributed by atoms with Crippen molar-refractivity contribution in [2.24, 2.45) is 10.9 Å². The number of rotatable bonds is 9. The normalized spacial score (nSPS) is 20.1. The van der Waals surface area contributed by atoms with Gasteiger partial charge in [-0.2, -0.15) is 0 Å². The molecule has 0 heterocycles. The summed E-state index contributed by atoms with van der Waals surface area (Å²) in [5.41, 5.74) is 4.34. The Hall–Kier alpha value is -3.23. The molecule has 210 valence electrons. The minimum atomic E-state index is -0.268. The monoisotopic (exact) mass is 562 g/mol. The van der Waals surface area contributed by atoms with E-state index in [1.165, 1.54) is 47.3 Å². The number of hydrogen-bond donors (Lipinski definition) is 1. The maximum absolute atomic E-state index is 14.0. The van der Waals surface area contributed by atoms with E-state index in [0.717, 1.165) is 47.7 Å². The van der Waals surface area contributed by atoms with Crippen molar-refractivity contribution < 1.29 is 13.6 Å². The summed E-state index contributed by atoms with van der Waals surface area (Å²) in [5, 5.41) is 0. The topological polar surface area (TPSA) is 47.9 Å². The van der Waals surface area contributed by atoms with Crippen molar-refractivity contribution in [1.82, 2.24) is 9.62 Å². The van der Waals surface area contributed by atoms with Gasteiger partial charge in [0, 0.05) is 43.2 Å². The lowest BCUT2D eigenvalue weighted by atomic mass is 9.87. The summed E-state index contributed by atoms with van der Waals surface area (Å²) in [7, 11) is 3.91. The fourth-order valence-electron chi connectivity index (χ4n) is 5.42. The molecule has 2 aliphatic carbocycles. The Kier molecular flexibility index (Phi) is 8.86. The highest BCUT2D eigenvalue weighted by molar-refractivity contribution is 7.97. The number of carbonyl (C=O) groups is 1. The summed E-state index contributed by atoms with van der Waals surface area (Å²) in [4.78, 5) is 23.5. The molecule has 0 saturated heterocycles. The summed E-state index contributed by atoms with van der Waals surface area (Å²) in [6, 6.07) is 19.5. The number of aryl methyl sites for hydroxylation is 1. The molecule has 1 N–H and O–H groups in total. The highest BCUT2D eigenvalue weighted by atomic mass is 32.2. The van der Waals surface area contributed by atoms with E-state index >= 15 is 0 Å². The molecule has 1 unspecified atom stereocenters. The van der Waals surface area contributed by atoms with Crippen LogP contribution < -0.4 is 9.62 Å². The Balaban J connectivity index is 1.41. The van der Waals surface area contributed by atoms with E-state index in [0.29, 0.717) is 13.1 Å². The molecule has 1 fully saturated rings. The van der Waals surface area contributed by atoms with Crippen LogP contribution in [0.15, 0.2) is 76.6 Å². The standard InChI is InChI=1S/C32H36F2N4OS/c1-4-35-31(37(2)3)20-38(32(39)29-19-27(29)22-8-11-23(33)12-9-22)25-15-10-21-6-5-7-30(28(21)18-25)36-40-26-16-13-24(34)14-17-26/h8-18,27,29-30,36H,4-7,19-20H2,1-3H3/t27-,29+,30?/m1/s1. The molecule has 0 bridgehead atoms. The van der Waals surface area contributed by atoms with Crippen molar-refractivity contribution in [3.8, 4) is 0 Å². The van der Waals surface area contributed by atoms with Gasteiger partial charge in [-0.1, -0.05) is 18.2 Å². The molecule has 1 amide bonds. The van der Waals surface area contributed by atoms with E-state index in [1.54, 1.807) is 24.3 Å². The fourth-order valence-corrected chi connectivity index (χ4v) is 6.21. The number of carbonyl (C=O) groups excluding carboxylic acids is 1. The Labute approximate surface area is 239 Å². The average Bonchev–Trinajstić information content (AvgIpc) is 3.76. The van der Waals surface area contributed by atoms with Crippen LogP contribution in [0.1, 0.15) is 54.8 Å². The summed E-state index contributed by atoms with van der Waals surface area (Å²) >= 11 is 1.51. The molecule has 8 heteroatoms. The number of amidine groups is 1. The maximum atomic E-state index is 14.0. The van der Waals surface area contributed by atoms with Crippen molar-refractivity contribution >= 4 is 29.4 Å². The number of halogens is 2. The Bertz CT molecular complexity index is 1360. The third-order valence-corrected chi connectivity index (χ3v) is 8.63. The van der Waals surface area contributed by atoms with Gasteiger partial charge in [0.25, 0.3) is 0 Å². The van der Waals surface area contributed by atoms with Crippen LogP contribution in [-0.2, 0) is 11.2 Å². The minimum Gasteiger partial charge on any atom is -0.365 e. The zero-order valence-electron chi connectivity index (χ0n) is 23.2. The van der Waals surface area contributed by atoms with Crippen molar-refractivity contribution in [2.75, 3.05) is 32.1 Å². The van der Waals surface area contributed by atoms with E-state index < -0.39 is 0 Å². The third-order valence-electron chi connectivity index (χ3n) is 7.72. The second-order valence-electron chi connectivity index (χ2n) is 10.7. The van der Waals surface area contributed by atoms with Crippen molar-refractivity contribution in [1.29, 1.82) is 0 Å². The van der Waals surface area contributed by atoms with Gasteiger partial charge in [-0.15, -0.1) is 0 Å². The predicted molar refractivity (Wildman–Crippen MR) is 159 cm³/mol. The first-order chi connectivity index (χ1) is 19.3. The van der Waals surface area contributed by atoms with Gasteiger partial charge in [0.1, 0.15) is 17.5 Å². The molecule has 0 aromatic heterocycles. The molecule has 1 saturated carbocycles. The second kappa shape index (κ2) is 12.5. The van der Waals surface area contributed by atoms with Gasteiger partial charge in [0.2, 0.25) is 5.91 Å². The van der Waals surface area contributed by atoms with Gasteiger partial charge in [-0.05, 0) is 116 Å². The lowest BCUT2D eigenvalue weighted by Crippen LogP contribution is -2.42. The van der Waals surface area contributed by atoms with E-state index in [9.17, 15) is 13.6 Å². The lowest BCUT2D eigenvalue weighted by molar-refractivity contribution is -0.119. The Morgan fingerprint density at radius 1 is 1.02 bits per heavy atom. The van der Waals surface area contributed by atoms with Crippen LogP contribution >= 0.6 is 11.9 Å². The molecular formula is C32H36F2N4OS. The van der Waals surface area contributed by atoms with Crippen molar-refractivity contribution in [3.63, 3.8) is 0 Å². The van der Waals surface area contributed by atoms with Crippen molar-refractivity contribution in [2.45, 2.75) is 49.5 Å². The van der Waals surface area contributed by atoms with Gasteiger partial charge in [-0.3, -0.25) is 14.5 Å². The second-order valence-corrected chi connectivity index (χ2v) is 11.6. The number of hydrogen-bond acceptors (Lipinski definition) is 4. The summed E-state index contributed by atoms with van der Waals surface area (Å²) < 4.78 is 30.4. The Morgan fingerprint density at radius 2 is 1.73 bits per heavy atom. The van der Waals surface area contributed by atoms with Gasteiger partial charge in [-0.25, -0.2) is 8.78 Å². The zero-order chi connectivity index (χ0) is 28.2. The van der Waals surface area contributed by atoms with E-state index in [4.69, 9.17) is 0 Å². The summed E-state index contributed by atoms with van der Waals surface area (Å²) in [6.45, 7) is 3.01. The predicted octanol–water partition coefficient (Wildman–Crippen LogP) is 6.76. The van der Waals surface area contributed by atoms with Gasteiger partial charge in [0.05, 0.1) is 6.54 Å². The first kappa shape index (κ1) is 28.3. The molecule has 0 radical (unpaired) electrons. The first-order valence-electron chi connectivity index (χ1n) is 13.9. The molecule has 5 nitrogen and oxygen atoms in total. The highest BCUT2D eigenvalue weighted by Gasteiger charge is 2.46. The average molecular weight is 563 g/mol. The number of nitrogens with zero attached hydrogens (tertiary/aromatic N) is 3. The van der Waals surface area contributed by atoms with E-state index in [1.807, 2.05) is 30.8 Å². The smallest absolute Gasteiger partial charge is 0.231 e. The number of benzene rings is 3.